The molecule has 0 N–H and O–H groups in total. The smallest absolute Gasteiger partial charge is 0.309 e. The Kier molecular flexibility index (Phi) is 5.75. The van der Waals surface area contributed by atoms with Gasteiger partial charge in [0, 0.05) is 12.2 Å². The minimum absolute atomic E-state index is 0.0448. The van der Waals surface area contributed by atoms with E-state index in [4.69, 9.17) is 10.00 Å². The Morgan fingerprint density at radius 1 is 1.26 bits per heavy atom. The first-order valence-electron chi connectivity index (χ1n) is 7.93. The Balaban J connectivity index is 2.05. The third kappa shape index (κ3) is 4.56. The van der Waals surface area contributed by atoms with E-state index in [0.717, 1.165) is 36.1 Å². The summed E-state index contributed by atoms with van der Waals surface area (Å²) in [5, 5.41) is 8.81. The van der Waals surface area contributed by atoms with Crippen LogP contribution in [0.3, 0.4) is 0 Å². The van der Waals surface area contributed by atoms with Crippen molar-refractivity contribution in [2.24, 2.45) is 5.92 Å². The summed E-state index contributed by atoms with van der Waals surface area (Å²) in [6.45, 7) is 3.94. The highest BCUT2D eigenvalue weighted by Crippen LogP contribution is 2.27. The third-order valence-corrected chi connectivity index (χ3v) is 4.04. The summed E-state index contributed by atoms with van der Waals surface area (Å²) in [4.78, 5) is 25.7. The van der Waals surface area contributed by atoms with Crippen molar-refractivity contribution in [3.8, 4) is 6.07 Å². The van der Waals surface area contributed by atoms with Crippen LogP contribution in [0.15, 0.2) is 18.2 Å². The summed E-state index contributed by atoms with van der Waals surface area (Å²) in [6, 6.07) is 7.87. The largest absolute Gasteiger partial charge is 0.455 e. The molecule has 0 aromatic heterocycles. The number of nitrogens with zero attached hydrogens (tertiary/aromatic N) is 2. The number of amides is 1. The van der Waals surface area contributed by atoms with E-state index in [1.54, 1.807) is 0 Å². The lowest BCUT2D eigenvalue weighted by molar-refractivity contribution is -0.154. The van der Waals surface area contributed by atoms with E-state index in [9.17, 15) is 9.59 Å². The van der Waals surface area contributed by atoms with E-state index in [-0.39, 0.29) is 30.8 Å². The van der Waals surface area contributed by atoms with Crippen molar-refractivity contribution in [2.45, 2.75) is 39.5 Å². The van der Waals surface area contributed by atoms with Gasteiger partial charge in [-0.05, 0) is 49.9 Å². The molecule has 0 aliphatic heterocycles. The van der Waals surface area contributed by atoms with Gasteiger partial charge in [-0.1, -0.05) is 12.5 Å². The summed E-state index contributed by atoms with van der Waals surface area (Å²) in [7, 11) is 0. The van der Waals surface area contributed by atoms with Crippen LogP contribution in [0.5, 0.6) is 0 Å². The maximum absolute atomic E-state index is 12.4. The molecule has 122 valence electrons. The minimum atomic E-state index is -0.294. The van der Waals surface area contributed by atoms with Crippen LogP contribution in [0.4, 0.5) is 5.69 Å². The van der Waals surface area contributed by atoms with E-state index >= 15 is 0 Å². The lowest BCUT2D eigenvalue weighted by atomic mass is 9.86. The summed E-state index contributed by atoms with van der Waals surface area (Å²) in [5.74, 6) is -0.625. The first-order valence-corrected chi connectivity index (χ1v) is 7.93. The molecular weight excluding hydrogens is 292 g/mol. The molecule has 1 aromatic rings. The first kappa shape index (κ1) is 17.0. The van der Waals surface area contributed by atoms with Gasteiger partial charge in [-0.15, -0.1) is 0 Å². The van der Waals surface area contributed by atoms with Crippen molar-refractivity contribution in [2.75, 3.05) is 18.1 Å². The zero-order valence-corrected chi connectivity index (χ0v) is 13.7. The van der Waals surface area contributed by atoms with Crippen molar-refractivity contribution in [1.29, 1.82) is 5.26 Å². The van der Waals surface area contributed by atoms with Gasteiger partial charge in [0.2, 0.25) is 0 Å². The normalized spacial score (nSPS) is 13.8. The van der Waals surface area contributed by atoms with E-state index in [1.807, 2.05) is 32.0 Å². The van der Waals surface area contributed by atoms with E-state index in [0.29, 0.717) is 6.54 Å². The highest BCUT2D eigenvalue weighted by Gasteiger charge is 2.28. The number of rotatable bonds is 6. The third-order valence-electron chi connectivity index (χ3n) is 4.04. The number of aryl methyl sites for hydroxylation is 2. The standard InChI is InChI=1S/C18H22N2O3/c1-13-9-14(2)11-16(10-13)20(8-4-7-19)17(21)12-23-18(22)15-5-3-6-15/h9-11,15H,3-6,8,12H2,1-2H3. The predicted octanol–water partition coefficient (Wildman–Crippen LogP) is 2.89. The van der Waals surface area contributed by atoms with Crippen molar-refractivity contribution >= 4 is 17.6 Å². The number of ether oxygens (including phenoxy) is 1. The van der Waals surface area contributed by atoms with E-state index < -0.39 is 0 Å². The SMILES string of the molecule is Cc1cc(C)cc(N(CCC#N)C(=O)COC(=O)C2CCC2)c1. The maximum atomic E-state index is 12.4. The van der Waals surface area contributed by atoms with Gasteiger partial charge in [0.15, 0.2) is 6.61 Å². The summed E-state index contributed by atoms with van der Waals surface area (Å²) in [6.07, 6.45) is 2.98. The number of esters is 1. The van der Waals surface area contributed by atoms with E-state index in [2.05, 4.69) is 6.07 Å². The molecule has 5 heteroatoms. The van der Waals surface area contributed by atoms with Crippen molar-refractivity contribution in [3.63, 3.8) is 0 Å². The molecule has 0 spiro atoms. The van der Waals surface area contributed by atoms with Crippen LogP contribution in [0.1, 0.15) is 36.8 Å². The number of hydrogen-bond acceptors (Lipinski definition) is 4. The Labute approximate surface area is 136 Å². The molecule has 0 radical (unpaired) electrons. The van der Waals surface area contributed by atoms with Gasteiger partial charge in [-0.3, -0.25) is 9.59 Å². The molecule has 1 amide bonds. The zero-order chi connectivity index (χ0) is 16.8. The van der Waals surface area contributed by atoms with Crippen molar-refractivity contribution in [1.82, 2.24) is 0 Å². The monoisotopic (exact) mass is 314 g/mol. The average Bonchev–Trinajstić information content (AvgIpc) is 2.42. The van der Waals surface area contributed by atoms with Crippen LogP contribution >= 0.6 is 0 Å². The molecule has 1 aromatic carbocycles. The highest BCUT2D eigenvalue weighted by atomic mass is 16.5. The molecule has 1 aliphatic rings. The fourth-order valence-electron chi connectivity index (χ4n) is 2.64. The van der Waals surface area contributed by atoms with Crippen LogP contribution in [0.25, 0.3) is 0 Å². The predicted molar refractivity (Wildman–Crippen MR) is 86.8 cm³/mol. The summed E-state index contributed by atoms with van der Waals surface area (Å²) in [5.41, 5.74) is 2.82. The van der Waals surface area contributed by atoms with Gasteiger partial charge < -0.3 is 9.64 Å². The lowest BCUT2D eigenvalue weighted by Gasteiger charge is -2.25. The molecule has 2 rings (SSSR count). The molecule has 23 heavy (non-hydrogen) atoms. The molecule has 0 saturated heterocycles. The Morgan fingerprint density at radius 3 is 2.43 bits per heavy atom. The highest BCUT2D eigenvalue weighted by molar-refractivity contribution is 5.95. The van der Waals surface area contributed by atoms with Gasteiger partial charge in [-0.25, -0.2) is 0 Å². The molecule has 0 bridgehead atoms. The Bertz CT molecular complexity index is 609. The summed E-state index contributed by atoms with van der Waals surface area (Å²) >= 11 is 0. The molecule has 0 unspecified atom stereocenters. The van der Waals surface area contributed by atoms with Crippen molar-refractivity contribution < 1.29 is 14.3 Å². The second-order valence-corrected chi connectivity index (χ2v) is 6.03. The fraction of sp³-hybridized carbons (Fsp3) is 0.500. The molecule has 1 fully saturated rings. The topological polar surface area (TPSA) is 70.4 Å². The molecule has 1 aliphatic carbocycles. The van der Waals surface area contributed by atoms with Crippen LogP contribution in [-0.2, 0) is 14.3 Å². The first-order chi connectivity index (χ1) is 11.0. The molecule has 1 saturated carbocycles. The second-order valence-electron chi connectivity index (χ2n) is 6.03. The Hall–Kier alpha value is -2.35. The van der Waals surface area contributed by atoms with E-state index in [1.165, 1.54) is 4.90 Å². The number of carbonyl (C=O) groups excluding carboxylic acids is 2. The minimum Gasteiger partial charge on any atom is -0.455 e. The quantitative estimate of drug-likeness (QED) is 0.757. The zero-order valence-electron chi connectivity index (χ0n) is 13.7. The second kappa shape index (κ2) is 7.77. The maximum Gasteiger partial charge on any atom is 0.309 e. The van der Waals surface area contributed by atoms with Gasteiger partial charge in [0.05, 0.1) is 18.4 Å². The number of anilines is 1. The van der Waals surface area contributed by atoms with Gasteiger partial charge >= 0.3 is 5.97 Å². The number of hydrogen-bond donors (Lipinski definition) is 0. The molecular formula is C18H22N2O3. The van der Waals surface area contributed by atoms with Crippen LogP contribution in [-0.4, -0.2) is 25.0 Å². The van der Waals surface area contributed by atoms with Gasteiger partial charge in [0.1, 0.15) is 0 Å². The van der Waals surface area contributed by atoms with Gasteiger partial charge in [0.25, 0.3) is 5.91 Å². The lowest BCUT2D eigenvalue weighted by Crippen LogP contribution is -2.36. The molecule has 5 nitrogen and oxygen atoms in total. The number of nitriles is 1. The summed E-state index contributed by atoms with van der Waals surface area (Å²) < 4.78 is 5.14. The van der Waals surface area contributed by atoms with Crippen LogP contribution in [0, 0.1) is 31.1 Å². The fourth-order valence-corrected chi connectivity index (χ4v) is 2.64. The average molecular weight is 314 g/mol. The number of benzene rings is 1. The molecule has 0 heterocycles. The Morgan fingerprint density at radius 2 is 1.91 bits per heavy atom. The van der Waals surface area contributed by atoms with Crippen molar-refractivity contribution in [3.05, 3.63) is 29.3 Å². The van der Waals surface area contributed by atoms with Crippen LogP contribution < -0.4 is 4.90 Å². The van der Waals surface area contributed by atoms with Crippen LogP contribution in [0.2, 0.25) is 0 Å². The number of carbonyl (C=O) groups is 2. The molecule has 0 atom stereocenters. The van der Waals surface area contributed by atoms with Gasteiger partial charge in [-0.2, -0.15) is 5.26 Å².